The molecule has 0 spiro atoms. The number of carboxylic acid groups (broad SMARTS) is 1. The van der Waals surface area contributed by atoms with Gasteiger partial charge in [0.05, 0.1) is 6.04 Å². The largest absolute Gasteiger partial charge is 0.480 e. The van der Waals surface area contributed by atoms with Crippen LogP contribution in [0.4, 0.5) is 4.79 Å². The first-order chi connectivity index (χ1) is 9.93. The lowest BCUT2D eigenvalue weighted by Crippen LogP contribution is -2.55. The third kappa shape index (κ3) is 2.99. The molecule has 2 atom stereocenters. The molecule has 114 valence electrons. The maximum atomic E-state index is 12.5. The van der Waals surface area contributed by atoms with Crippen molar-refractivity contribution in [2.45, 2.75) is 32.4 Å². The number of aromatic nitrogens is 1. The number of carbonyl (C=O) groups is 2. The van der Waals surface area contributed by atoms with Crippen LogP contribution in [-0.4, -0.2) is 51.5 Å². The number of carboxylic acids is 1. The fourth-order valence-electron chi connectivity index (χ4n) is 2.76. The molecule has 0 aromatic carbocycles. The molecule has 0 radical (unpaired) electrons. The van der Waals surface area contributed by atoms with E-state index >= 15 is 0 Å². The molecule has 1 aliphatic rings. The highest BCUT2D eigenvalue weighted by molar-refractivity contribution is 5.83. The van der Waals surface area contributed by atoms with E-state index in [4.69, 9.17) is 0 Å². The molecule has 1 aromatic rings. The van der Waals surface area contributed by atoms with Gasteiger partial charge in [0.1, 0.15) is 6.04 Å². The lowest BCUT2D eigenvalue weighted by atomic mass is 9.96. The molecule has 0 saturated carbocycles. The molecule has 6 nitrogen and oxygen atoms in total. The van der Waals surface area contributed by atoms with Gasteiger partial charge in [-0.1, -0.05) is 19.9 Å². The summed E-state index contributed by atoms with van der Waals surface area (Å²) in [6, 6.07) is 2.72. The molecular formula is C15H21N3O3. The number of likely N-dealkylation sites (N-methyl/N-ethyl adjacent to an activating group) is 1. The van der Waals surface area contributed by atoms with Crippen LogP contribution in [0.15, 0.2) is 24.5 Å². The Bertz CT molecular complexity index is 518. The van der Waals surface area contributed by atoms with Crippen molar-refractivity contribution < 1.29 is 14.7 Å². The Labute approximate surface area is 124 Å². The number of carbonyl (C=O) groups excluding carboxylic acids is 1. The predicted molar refractivity (Wildman–Crippen MR) is 77.7 cm³/mol. The van der Waals surface area contributed by atoms with Crippen LogP contribution >= 0.6 is 0 Å². The number of nitrogens with zero attached hydrogens (tertiary/aromatic N) is 3. The van der Waals surface area contributed by atoms with Crippen LogP contribution in [0.25, 0.3) is 0 Å². The summed E-state index contributed by atoms with van der Waals surface area (Å²) in [6.45, 7) is 4.25. The topological polar surface area (TPSA) is 73.7 Å². The van der Waals surface area contributed by atoms with E-state index < -0.39 is 12.0 Å². The maximum absolute atomic E-state index is 12.5. The number of aliphatic carboxylic acids is 1. The van der Waals surface area contributed by atoms with Crippen LogP contribution in [0.5, 0.6) is 0 Å². The highest BCUT2D eigenvalue weighted by Crippen LogP contribution is 2.33. The quantitative estimate of drug-likeness (QED) is 0.920. The molecule has 2 amide bonds. The summed E-state index contributed by atoms with van der Waals surface area (Å²) in [5, 5.41) is 9.30. The Balaban J connectivity index is 2.11. The van der Waals surface area contributed by atoms with Crippen LogP contribution in [0.2, 0.25) is 0 Å². The third-order valence-corrected chi connectivity index (χ3v) is 3.94. The van der Waals surface area contributed by atoms with Gasteiger partial charge in [0.15, 0.2) is 0 Å². The lowest BCUT2D eigenvalue weighted by Gasteiger charge is -2.44. The van der Waals surface area contributed by atoms with Crippen LogP contribution < -0.4 is 0 Å². The van der Waals surface area contributed by atoms with Gasteiger partial charge in [-0.3, -0.25) is 4.98 Å². The van der Waals surface area contributed by atoms with Crippen molar-refractivity contribution in [2.24, 2.45) is 5.92 Å². The second-order valence-corrected chi connectivity index (χ2v) is 5.70. The van der Waals surface area contributed by atoms with E-state index in [1.807, 2.05) is 12.1 Å². The van der Waals surface area contributed by atoms with Gasteiger partial charge in [-0.25, -0.2) is 9.59 Å². The Morgan fingerprint density at radius 2 is 2.19 bits per heavy atom. The molecule has 2 rings (SSSR count). The fourth-order valence-corrected chi connectivity index (χ4v) is 2.76. The molecule has 0 bridgehead atoms. The summed E-state index contributed by atoms with van der Waals surface area (Å²) in [7, 11) is 1.56. The van der Waals surface area contributed by atoms with Gasteiger partial charge < -0.3 is 14.9 Å². The van der Waals surface area contributed by atoms with Crippen LogP contribution in [-0.2, 0) is 4.79 Å². The van der Waals surface area contributed by atoms with E-state index in [1.165, 1.54) is 4.90 Å². The minimum Gasteiger partial charge on any atom is -0.480 e. The van der Waals surface area contributed by atoms with Crippen molar-refractivity contribution in [3.8, 4) is 0 Å². The van der Waals surface area contributed by atoms with Gasteiger partial charge in [-0.2, -0.15) is 0 Å². The summed E-state index contributed by atoms with van der Waals surface area (Å²) < 4.78 is 0. The molecule has 6 heteroatoms. The summed E-state index contributed by atoms with van der Waals surface area (Å²) >= 11 is 0. The van der Waals surface area contributed by atoms with E-state index in [9.17, 15) is 14.7 Å². The van der Waals surface area contributed by atoms with Gasteiger partial charge >= 0.3 is 12.0 Å². The Kier molecular flexibility index (Phi) is 4.45. The van der Waals surface area contributed by atoms with Gasteiger partial charge in [-0.15, -0.1) is 0 Å². The zero-order valence-electron chi connectivity index (χ0n) is 12.6. The summed E-state index contributed by atoms with van der Waals surface area (Å²) in [4.78, 5) is 31.0. The monoisotopic (exact) mass is 291 g/mol. The van der Waals surface area contributed by atoms with E-state index in [-0.39, 0.29) is 18.0 Å². The molecule has 1 fully saturated rings. The number of likely N-dealkylation sites (tertiary alicyclic amines) is 1. The minimum atomic E-state index is -0.973. The van der Waals surface area contributed by atoms with Crippen LogP contribution in [0.3, 0.4) is 0 Å². The van der Waals surface area contributed by atoms with E-state index in [1.54, 1.807) is 38.2 Å². The lowest BCUT2D eigenvalue weighted by molar-refractivity contribution is -0.143. The zero-order chi connectivity index (χ0) is 15.6. The predicted octanol–water partition coefficient (Wildman–Crippen LogP) is 1.99. The molecule has 1 aliphatic heterocycles. The smallest absolute Gasteiger partial charge is 0.326 e. The zero-order valence-corrected chi connectivity index (χ0v) is 12.6. The third-order valence-electron chi connectivity index (χ3n) is 3.94. The molecule has 1 saturated heterocycles. The van der Waals surface area contributed by atoms with E-state index in [0.717, 1.165) is 12.0 Å². The maximum Gasteiger partial charge on any atom is 0.326 e. The average Bonchev–Trinajstić information content (AvgIpc) is 2.37. The molecular weight excluding hydrogens is 270 g/mol. The molecule has 1 N–H and O–H groups in total. The van der Waals surface area contributed by atoms with Crippen molar-refractivity contribution >= 4 is 12.0 Å². The Morgan fingerprint density at radius 1 is 1.48 bits per heavy atom. The highest BCUT2D eigenvalue weighted by Gasteiger charge is 2.39. The summed E-state index contributed by atoms with van der Waals surface area (Å²) in [5.41, 5.74) is 0.988. The molecule has 21 heavy (non-hydrogen) atoms. The SMILES string of the molecule is CC(C)[C@@H](C(=O)O)N(C)C(=O)N1CCC1c1cccnc1. The molecule has 1 aromatic heterocycles. The number of amides is 2. The van der Waals surface area contributed by atoms with Crippen LogP contribution in [0, 0.1) is 5.92 Å². The fraction of sp³-hybridized carbons (Fsp3) is 0.533. The minimum absolute atomic E-state index is 0.00439. The number of urea groups is 1. The Hall–Kier alpha value is -2.11. The molecule has 1 unspecified atom stereocenters. The Morgan fingerprint density at radius 3 is 2.62 bits per heavy atom. The van der Waals surface area contributed by atoms with Gasteiger partial charge in [0.25, 0.3) is 0 Å². The van der Waals surface area contributed by atoms with Gasteiger partial charge in [0, 0.05) is 26.0 Å². The van der Waals surface area contributed by atoms with Crippen molar-refractivity contribution in [3.63, 3.8) is 0 Å². The van der Waals surface area contributed by atoms with Crippen molar-refractivity contribution in [3.05, 3.63) is 30.1 Å². The standard InChI is InChI=1S/C15H21N3O3/c1-10(2)13(14(19)20)17(3)15(21)18-8-6-12(18)11-5-4-7-16-9-11/h4-5,7,9-10,12-13H,6,8H2,1-3H3,(H,19,20)/t12?,13-/m0/s1. The normalized spacial score (nSPS) is 19.0. The first-order valence-electron chi connectivity index (χ1n) is 7.09. The second kappa shape index (κ2) is 6.11. The highest BCUT2D eigenvalue weighted by atomic mass is 16.4. The van der Waals surface area contributed by atoms with E-state index in [0.29, 0.717) is 6.54 Å². The first-order valence-corrected chi connectivity index (χ1v) is 7.09. The second-order valence-electron chi connectivity index (χ2n) is 5.70. The summed E-state index contributed by atoms with van der Waals surface area (Å²) in [5.74, 6) is -1.12. The number of rotatable bonds is 4. The van der Waals surface area contributed by atoms with Crippen molar-refractivity contribution in [1.82, 2.24) is 14.8 Å². The van der Waals surface area contributed by atoms with Crippen molar-refractivity contribution in [1.29, 1.82) is 0 Å². The number of hydrogen-bond acceptors (Lipinski definition) is 3. The van der Waals surface area contributed by atoms with Crippen LogP contribution in [0.1, 0.15) is 31.9 Å². The summed E-state index contributed by atoms with van der Waals surface area (Å²) in [6.07, 6.45) is 4.32. The average molecular weight is 291 g/mol. The van der Waals surface area contributed by atoms with Gasteiger partial charge in [-0.05, 0) is 24.0 Å². The van der Waals surface area contributed by atoms with Crippen molar-refractivity contribution in [2.75, 3.05) is 13.6 Å². The van der Waals surface area contributed by atoms with Gasteiger partial charge in [0.2, 0.25) is 0 Å². The molecule has 2 heterocycles. The first kappa shape index (κ1) is 15.3. The number of pyridine rings is 1. The molecule has 0 aliphatic carbocycles. The number of hydrogen-bond donors (Lipinski definition) is 1. The van der Waals surface area contributed by atoms with E-state index in [2.05, 4.69) is 4.98 Å².